The predicted octanol–water partition coefficient (Wildman–Crippen LogP) is 5.14. The van der Waals surface area contributed by atoms with Crippen LogP contribution >= 0.6 is 0 Å². The van der Waals surface area contributed by atoms with Gasteiger partial charge in [-0.25, -0.2) is 0 Å². The van der Waals surface area contributed by atoms with Crippen molar-refractivity contribution in [3.05, 3.63) is 41.5 Å². The molecule has 1 aliphatic carbocycles. The Labute approximate surface area is 165 Å². The molecule has 0 saturated carbocycles. The van der Waals surface area contributed by atoms with Gasteiger partial charge < -0.3 is 13.9 Å². The number of benzene rings is 1. The van der Waals surface area contributed by atoms with E-state index in [4.69, 9.17) is 13.9 Å². The van der Waals surface area contributed by atoms with Gasteiger partial charge in [-0.1, -0.05) is 45.9 Å². The summed E-state index contributed by atoms with van der Waals surface area (Å²) in [6.45, 7) is 14.1. The summed E-state index contributed by atoms with van der Waals surface area (Å²) in [6, 6.07) is 7.84. The van der Waals surface area contributed by atoms with E-state index >= 15 is 0 Å². The molecule has 2 rings (SSSR count). The summed E-state index contributed by atoms with van der Waals surface area (Å²) in [5.41, 5.74) is 1.16. The first-order chi connectivity index (χ1) is 12.5. The van der Waals surface area contributed by atoms with Crippen molar-refractivity contribution in [2.45, 2.75) is 64.5 Å². The molecule has 0 radical (unpaired) electrons. The van der Waals surface area contributed by atoms with Gasteiger partial charge in [-0.2, -0.15) is 0 Å². The Bertz CT molecular complexity index is 673. The molecule has 0 unspecified atom stereocenters. The fourth-order valence-corrected chi connectivity index (χ4v) is 4.81. The van der Waals surface area contributed by atoms with Crippen molar-refractivity contribution in [1.82, 2.24) is 0 Å². The number of hydrogen-bond donors (Lipinski definition) is 0. The van der Waals surface area contributed by atoms with Crippen LogP contribution in [-0.2, 0) is 20.6 Å². The number of allylic oxidation sites excluding steroid dienone is 1. The average Bonchev–Trinajstić information content (AvgIpc) is 2.89. The first-order valence-corrected chi connectivity index (χ1v) is 12.5. The normalized spacial score (nSPS) is 23.2. The van der Waals surface area contributed by atoms with Gasteiger partial charge in [0.05, 0.1) is 20.3 Å². The zero-order valence-corrected chi connectivity index (χ0v) is 18.8. The summed E-state index contributed by atoms with van der Waals surface area (Å²) in [5, 5.41) is 0.0653. The maximum absolute atomic E-state index is 11.8. The van der Waals surface area contributed by atoms with E-state index in [1.165, 1.54) is 0 Å². The van der Waals surface area contributed by atoms with Crippen LogP contribution in [0, 0.1) is 5.92 Å². The maximum Gasteiger partial charge on any atom is 0.193 e. The largest absolute Gasteiger partial charge is 0.497 e. The summed E-state index contributed by atoms with van der Waals surface area (Å²) in [6.07, 6.45) is 3.78. The lowest BCUT2D eigenvalue weighted by Crippen LogP contribution is -2.52. The van der Waals surface area contributed by atoms with Gasteiger partial charge in [-0.15, -0.1) is 0 Å². The summed E-state index contributed by atoms with van der Waals surface area (Å²) in [4.78, 5) is 11.8. The predicted molar refractivity (Wildman–Crippen MR) is 112 cm³/mol. The van der Waals surface area contributed by atoms with E-state index in [2.05, 4.69) is 40.8 Å². The van der Waals surface area contributed by atoms with E-state index in [9.17, 15) is 4.79 Å². The topological polar surface area (TPSA) is 44.8 Å². The molecule has 1 aromatic rings. The third kappa shape index (κ3) is 5.09. The average molecular weight is 391 g/mol. The highest BCUT2D eigenvalue weighted by molar-refractivity contribution is 6.74. The molecule has 0 aromatic heterocycles. The first-order valence-electron chi connectivity index (χ1n) is 9.61. The second-order valence-electron chi connectivity index (χ2n) is 9.12. The highest BCUT2D eigenvalue weighted by atomic mass is 28.4. The quantitative estimate of drug-likeness (QED) is 0.455. The molecular formula is C22H34O4Si. The molecule has 0 amide bonds. The molecule has 5 heteroatoms. The third-order valence-electron chi connectivity index (χ3n) is 5.79. The van der Waals surface area contributed by atoms with E-state index in [-0.39, 0.29) is 5.04 Å². The number of carbonyl (C=O) groups excluding carboxylic acids is 1. The highest BCUT2D eigenvalue weighted by Gasteiger charge is 2.49. The zero-order valence-electron chi connectivity index (χ0n) is 17.8. The summed E-state index contributed by atoms with van der Waals surface area (Å²) < 4.78 is 18.1. The van der Waals surface area contributed by atoms with E-state index in [0.29, 0.717) is 19.1 Å². The van der Waals surface area contributed by atoms with Gasteiger partial charge in [0.15, 0.2) is 8.32 Å². The van der Waals surface area contributed by atoms with Crippen molar-refractivity contribution in [2.24, 2.45) is 5.92 Å². The molecule has 0 spiro atoms. The van der Waals surface area contributed by atoms with Crippen LogP contribution in [0.2, 0.25) is 18.1 Å². The van der Waals surface area contributed by atoms with Gasteiger partial charge in [0.2, 0.25) is 0 Å². The van der Waals surface area contributed by atoms with Crippen LogP contribution in [0.25, 0.3) is 0 Å². The van der Waals surface area contributed by atoms with Crippen molar-refractivity contribution in [2.75, 3.05) is 13.7 Å². The fourth-order valence-electron chi connectivity index (χ4n) is 3.27. The van der Waals surface area contributed by atoms with Gasteiger partial charge >= 0.3 is 0 Å². The first kappa shape index (κ1) is 21.9. The Morgan fingerprint density at radius 2 is 1.85 bits per heavy atom. The minimum absolute atomic E-state index is 0.0653. The smallest absolute Gasteiger partial charge is 0.193 e. The molecule has 0 heterocycles. The van der Waals surface area contributed by atoms with E-state index in [1.54, 1.807) is 7.11 Å². The second kappa shape index (κ2) is 8.29. The minimum atomic E-state index is -2.07. The second-order valence-corrected chi connectivity index (χ2v) is 13.8. The molecular weight excluding hydrogens is 356 g/mol. The molecule has 27 heavy (non-hydrogen) atoms. The number of hydrogen-bond acceptors (Lipinski definition) is 4. The van der Waals surface area contributed by atoms with Gasteiger partial charge in [-0.3, -0.25) is 4.79 Å². The summed E-state index contributed by atoms with van der Waals surface area (Å²) in [5.74, 6) is 1.13. The third-order valence-corrected chi connectivity index (χ3v) is 10.3. The monoisotopic (exact) mass is 390 g/mol. The van der Waals surface area contributed by atoms with Crippen LogP contribution < -0.4 is 4.74 Å². The van der Waals surface area contributed by atoms with Gasteiger partial charge in [0.25, 0.3) is 0 Å². The van der Waals surface area contributed by atoms with Gasteiger partial charge in [0, 0.05) is 5.57 Å². The summed E-state index contributed by atoms with van der Waals surface area (Å²) in [7, 11) is -0.413. The summed E-state index contributed by atoms with van der Waals surface area (Å²) >= 11 is 0. The Balaban J connectivity index is 2.16. The van der Waals surface area contributed by atoms with Gasteiger partial charge in [-0.05, 0) is 48.2 Å². The van der Waals surface area contributed by atoms with Crippen molar-refractivity contribution < 1.29 is 18.7 Å². The van der Waals surface area contributed by atoms with Crippen molar-refractivity contribution in [3.63, 3.8) is 0 Å². The molecule has 1 aliphatic rings. The zero-order chi connectivity index (χ0) is 20.3. The standard InChI is InChI=1S/C22H34O4Si/c1-17-12-19(14-23)22(13-17,26-27(6,7)21(2,3)4)16-25-15-18-8-10-20(24-5)11-9-18/h8-12,14,17H,13,15-16H2,1-7H3/t17-,22+/m1/s1. The Kier molecular flexibility index (Phi) is 6.71. The minimum Gasteiger partial charge on any atom is -0.497 e. The fraction of sp³-hybridized carbons (Fsp3) is 0.591. The molecule has 0 aliphatic heterocycles. The lowest BCUT2D eigenvalue weighted by molar-refractivity contribution is -0.107. The number of rotatable bonds is 8. The van der Waals surface area contributed by atoms with Crippen molar-refractivity contribution >= 4 is 14.6 Å². The van der Waals surface area contributed by atoms with E-state index in [1.807, 2.05) is 30.3 Å². The van der Waals surface area contributed by atoms with Crippen LogP contribution in [0.1, 0.15) is 39.7 Å². The van der Waals surface area contributed by atoms with Gasteiger partial charge in [0.1, 0.15) is 17.6 Å². The van der Waals surface area contributed by atoms with E-state index in [0.717, 1.165) is 29.6 Å². The van der Waals surface area contributed by atoms with Crippen molar-refractivity contribution in [3.8, 4) is 5.75 Å². The van der Waals surface area contributed by atoms with E-state index < -0.39 is 13.9 Å². The molecule has 0 N–H and O–H groups in total. The van der Waals surface area contributed by atoms with Crippen LogP contribution in [-0.4, -0.2) is 33.9 Å². The number of aldehydes is 1. The Morgan fingerprint density at radius 3 is 2.37 bits per heavy atom. The molecule has 0 saturated heterocycles. The Morgan fingerprint density at radius 1 is 1.22 bits per heavy atom. The number of methoxy groups -OCH3 is 1. The lowest BCUT2D eigenvalue weighted by Gasteiger charge is -2.44. The molecule has 0 fully saturated rings. The molecule has 1 aromatic carbocycles. The number of carbonyl (C=O) groups is 1. The van der Waals surface area contributed by atoms with Crippen LogP contribution in [0.5, 0.6) is 5.75 Å². The molecule has 2 atom stereocenters. The molecule has 150 valence electrons. The maximum atomic E-state index is 11.8. The van der Waals surface area contributed by atoms with Crippen LogP contribution in [0.15, 0.2) is 35.9 Å². The van der Waals surface area contributed by atoms with Crippen LogP contribution in [0.3, 0.4) is 0 Å². The molecule has 0 bridgehead atoms. The Hall–Kier alpha value is -1.43. The number of ether oxygens (including phenoxy) is 2. The SMILES string of the molecule is COc1ccc(COC[C@@]2(O[Si](C)(C)C(C)(C)C)C[C@H](C)C=C2C=O)cc1. The van der Waals surface area contributed by atoms with Crippen molar-refractivity contribution in [1.29, 1.82) is 0 Å². The highest BCUT2D eigenvalue weighted by Crippen LogP contribution is 2.45. The lowest BCUT2D eigenvalue weighted by atomic mass is 9.96. The van der Waals surface area contributed by atoms with Crippen LogP contribution in [0.4, 0.5) is 0 Å². The molecule has 4 nitrogen and oxygen atoms in total.